The first-order valence-electron chi connectivity index (χ1n) is 13.6. The lowest BCUT2D eigenvalue weighted by Crippen LogP contribution is -2.52. The van der Waals surface area contributed by atoms with E-state index in [9.17, 15) is 18.8 Å². The van der Waals surface area contributed by atoms with Crippen molar-refractivity contribution in [3.05, 3.63) is 65.4 Å². The molecule has 2 saturated heterocycles. The maximum Gasteiger partial charge on any atom is 0.322 e. The lowest BCUT2D eigenvalue weighted by Gasteiger charge is -2.34. The fraction of sp³-hybridized carbons (Fsp3) is 0.321. The molecule has 14 heteroatoms. The monoisotopic (exact) mass is 574 g/mol. The Balaban J connectivity index is 1.25. The lowest BCUT2D eigenvalue weighted by atomic mass is 9.95. The van der Waals surface area contributed by atoms with E-state index < -0.39 is 29.2 Å². The number of H-pyrrole nitrogens is 1. The van der Waals surface area contributed by atoms with E-state index in [1.807, 2.05) is 12.3 Å². The van der Waals surface area contributed by atoms with Gasteiger partial charge in [0.25, 0.3) is 11.8 Å². The highest BCUT2D eigenvalue weighted by atomic mass is 19.1. The summed E-state index contributed by atoms with van der Waals surface area (Å²) in [5.41, 5.74) is 0.299. The van der Waals surface area contributed by atoms with Gasteiger partial charge >= 0.3 is 6.03 Å². The van der Waals surface area contributed by atoms with Crippen LogP contribution in [0.1, 0.15) is 34.5 Å². The highest BCUT2D eigenvalue weighted by Crippen LogP contribution is 2.37. The summed E-state index contributed by atoms with van der Waals surface area (Å²) in [7, 11) is 1.32. The number of hydrogen-bond acceptors (Lipinski definition) is 9. The number of halogens is 1. The summed E-state index contributed by atoms with van der Waals surface area (Å²) in [6.45, 7) is 1.51. The second kappa shape index (κ2) is 9.83. The van der Waals surface area contributed by atoms with Crippen LogP contribution in [0.3, 0.4) is 0 Å². The molecule has 1 atom stereocenters. The number of urea groups is 1. The minimum absolute atomic E-state index is 0.0402. The second-order valence-electron chi connectivity index (χ2n) is 10.6. The van der Waals surface area contributed by atoms with Crippen LogP contribution in [0.5, 0.6) is 5.75 Å². The molecule has 0 radical (unpaired) electrons. The molecule has 1 aromatic carbocycles. The number of rotatable bonds is 7. The van der Waals surface area contributed by atoms with Crippen molar-refractivity contribution in [3.8, 4) is 5.75 Å². The topological polar surface area (TPSA) is 158 Å². The van der Waals surface area contributed by atoms with Gasteiger partial charge in [0.05, 0.1) is 31.1 Å². The van der Waals surface area contributed by atoms with Gasteiger partial charge in [-0.3, -0.25) is 20.0 Å². The number of aromatic amines is 1. The molecule has 42 heavy (non-hydrogen) atoms. The summed E-state index contributed by atoms with van der Waals surface area (Å²) < 4.78 is 26.1. The van der Waals surface area contributed by atoms with Gasteiger partial charge in [-0.2, -0.15) is 5.10 Å². The number of anilines is 2. The third-order valence-electron chi connectivity index (χ3n) is 8.11. The zero-order chi connectivity index (χ0) is 29.0. The number of nitrogens with one attached hydrogen (secondary N) is 4. The van der Waals surface area contributed by atoms with Gasteiger partial charge in [-0.1, -0.05) is 6.07 Å². The number of benzene rings is 1. The van der Waals surface area contributed by atoms with E-state index in [1.54, 1.807) is 24.4 Å². The highest BCUT2D eigenvalue weighted by molar-refractivity contribution is 6.08. The predicted molar refractivity (Wildman–Crippen MR) is 147 cm³/mol. The Kier molecular flexibility index (Phi) is 6.08. The van der Waals surface area contributed by atoms with E-state index in [4.69, 9.17) is 14.1 Å². The van der Waals surface area contributed by atoms with Crippen LogP contribution < -0.4 is 25.6 Å². The lowest BCUT2D eigenvalue weighted by molar-refractivity contribution is -0.125. The van der Waals surface area contributed by atoms with E-state index in [0.29, 0.717) is 22.5 Å². The Morgan fingerprint density at radius 3 is 2.74 bits per heavy atom. The normalized spacial score (nSPS) is 20.6. The van der Waals surface area contributed by atoms with E-state index in [-0.39, 0.29) is 36.2 Å². The van der Waals surface area contributed by atoms with Crippen LogP contribution in [0.2, 0.25) is 0 Å². The molecule has 7 rings (SSSR count). The largest absolute Gasteiger partial charge is 0.494 e. The number of aromatic nitrogens is 3. The quantitative estimate of drug-likeness (QED) is 0.243. The molecular weight excluding hydrogens is 547 g/mol. The standard InChI is InChI=1S/C28H27FN8O5/c1-41-20-3-2-15-13-36(25(38)23(15)24(20)29)14-28(26(39)34-27(40)35-28)21-10-18-19(42-21)4-5-22(33-18)37(17-11-31-32-12-17)16-6-8-30-9-7-16/h2-5,10-12,16,30H,6-9,13-14H2,1H3,(H,31,32)(H2,34,35,39,40). The Labute approximate surface area is 238 Å². The van der Waals surface area contributed by atoms with E-state index >= 15 is 0 Å². The van der Waals surface area contributed by atoms with Gasteiger partial charge in [0.1, 0.15) is 17.1 Å². The number of amides is 4. The van der Waals surface area contributed by atoms with Crippen molar-refractivity contribution in [2.45, 2.75) is 31.0 Å². The summed E-state index contributed by atoms with van der Waals surface area (Å²) in [6.07, 6.45) is 5.38. The molecule has 4 aromatic rings. The summed E-state index contributed by atoms with van der Waals surface area (Å²) in [6, 6.07) is 7.70. The molecule has 0 aliphatic carbocycles. The van der Waals surface area contributed by atoms with Crippen molar-refractivity contribution in [1.82, 2.24) is 36.0 Å². The molecule has 1 unspecified atom stereocenters. The Hall–Kier alpha value is -4.98. The maximum absolute atomic E-state index is 15.0. The molecule has 4 N–H and O–H groups in total. The third-order valence-corrected chi connectivity index (χ3v) is 8.11. The summed E-state index contributed by atoms with van der Waals surface area (Å²) in [5.74, 6) is -1.37. The Morgan fingerprint density at radius 1 is 1.19 bits per heavy atom. The van der Waals surface area contributed by atoms with E-state index in [2.05, 4.69) is 31.0 Å². The number of ether oxygens (including phenoxy) is 1. The molecule has 216 valence electrons. The summed E-state index contributed by atoms with van der Waals surface area (Å²) >= 11 is 0. The van der Waals surface area contributed by atoms with E-state index in [1.165, 1.54) is 18.1 Å². The first-order chi connectivity index (χ1) is 20.4. The van der Waals surface area contributed by atoms with Crippen molar-refractivity contribution >= 4 is 40.5 Å². The molecule has 3 aliphatic rings. The first-order valence-corrected chi connectivity index (χ1v) is 13.6. The molecule has 3 aromatic heterocycles. The van der Waals surface area contributed by atoms with Gasteiger partial charge in [-0.05, 0) is 49.7 Å². The highest BCUT2D eigenvalue weighted by Gasteiger charge is 2.53. The van der Waals surface area contributed by atoms with Gasteiger partial charge < -0.3 is 29.6 Å². The number of carbonyl (C=O) groups excluding carboxylic acids is 3. The predicted octanol–water partition coefficient (Wildman–Crippen LogP) is 2.28. The van der Waals surface area contributed by atoms with Crippen LogP contribution in [0.4, 0.5) is 20.7 Å². The minimum atomic E-state index is -1.75. The van der Waals surface area contributed by atoms with Crippen LogP contribution in [0, 0.1) is 5.82 Å². The number of nitrogens with zero attached hydrogens (tertiary/aromatic N) is 4. The number of piperidine rings is 1. The molecule has 13 nitrogen and oxygen atoms in total. The van der Waals surface area contributed by atoms with Gasteiger partial charge in [0.15, 0.2) is 22.7 Å². The molecule has 0 saturated carbocycles. The average Bonchev–Trinajstić information content (AvgIpc) is 3.77. The fourth-order valence-electron chi connectivity index (χ4n) is 6.05. The average molecular weight is 575 g/mol. The molecule has 6 heterocycles. The Bertz CT molecular complexity index is 1720. The molecule has 2 fully saturated rings. The van der Waals surface area contributed by atoms with Crippen LogP contribution in [0.15, 0.2) is 47.1 Å². The second-order valence-corrected chi connectivity index (χ2v) is 10.6. The Morgan fingerprint density at radius 2 is 2.02 bits per heavy atom. The third kappa shape index (κ3) is 4.05. The van der Waals surface area contributed by atoms with Gasteiger partial charge in [0.2, 0.25) is 0 Å². The zero-order valence-electron chi connectivity index (χ0n) is 22.6. The van der Waals surface area contributed by atoms with Crippen molar-refractivity contribution < 1.29 is 27.9 Å². The zero-order valence-corrected chi connectivity index (χ0v) is 22.6. The molecule has 3 aliphatic heterocycles. The summed E-state index contributed by atoms with van der Waals surface area (Å²) in [5, 5.41) is 15.3. The first kappa shape index (κ1) is 26.0. The van der Waals surface area contributed by atoms with Crippen molar-refractivity contribution in [1.29, 1.82) is 0 Å². The number of furan rings is 1. The number of hydrogen-bond donors (Lipinski definition) is 4. The summed E-state index contributed by atoms with van der Waals surface area (Å²) in [4.78, 5) is 47.4. The van der Waals surface area contributed by atoms with Crippen LogP contribution in [0.25, 0.3) is 11.1 Å². The number of fused-ring (bicyclic) bond motifs is 2. The molecule has 4 amide bonds. The van der Waals surface area contributed by atoms with Gasteiger partial charge in [-0.25, -0.2) is 14.2 Å². The number of methoxy groups -OCH3 is 1. The van der Waals surface area contributed by atoms with Crippen molar-refractivity contribution in [2.75, 3.05) is 31.6 Å². The number of carbonyl (C=O) groups is 3. The smallest absolute Gasteiger partial charge is 0.322 e. The molecule has 0 spiro atoms. The van der Waals surface area contributed by atoms with Gasteiger partial charge in [0, 0.05) is 24.8 Å². The van der Waals surface area contributed by atoms with Crippen molar-refractivity contribution in [3.63, 3.8) is 0 Å². The molecule has 0 bridgehead atoms. The molecular formula is C28H27FN8O5. The van der Waals surface area contributed by atoms with Crippen LogP contribution in [-0.2, 0) is 16.9 Å². The fourth-order valence-corrected chi connectivity index (χ4v) is 6.05. The van der Waals surface area contributed by atoms with E-state index in [0.717, 1.165) is 31.6 Å². The van der Waals surface area contributed by atoms with Crippen LogP contribution >= 0.6 is 0 Å². The maximum atomic E-state index is 15.0. The SMILES string of the molecule is COc1ccc2c(c1F)C(=O)N(CC1(c3cc4nc(N(c5cn[nH]c5)C5CCNCC5)ccc4o3)NC(=O)NC1=O)C2. The van der Waals surface area contributed by atoms with Crippen molar-refractivity contribution in [2.24, 2.45) is 0 Å². The number of pyridine rings is 1. The minimum Gasteiger partial charge on any atom is -0.494 e. The van der Waals surface area contributed by atoms with Gasteiger partial charge in [-0.15, -0.1) is 0 Å². The van der Waals surface area contributed by atoms with Crippen LogP contribution in [-0.4, -0.2) is 70.7 Å². The number of imide groups is 1.